The zero-order chi connectivity index (χ0) is 18.5. The van der Waals surface area contributed by atoms with E-state index in [-0.39, 0.29) is 0 Å². The van der Waals surface area contributed by atoms with E-state index in [1.54, 1.807) is 11.3 Å². The Morgan fingerprint density at radius 2 is 2.04 bits per heavy atom. The standard InChI is InChI=1S/C19H25N3O3S/c1-3-25-17-7-5-4-6-16(17)18(19(23)24)22-10-8-21(9-11-22)12-15-13-26-14(2)20-15/h4-7,13,18H,3,8-12H2,1-2H3,(H,23,24). The fraction of sp³-hybridized carbons (Fsp3) is 0.474. The molecule has 0 saturated carbocycles. The first-order valence-corrected chi connectivity index (χ1v) is 9.78. The fourth-order valence-corrected chi connectivity index (χ4v) is 3.97. The zero-order valence-corrected chi connectivity index (χ0v) is 16.0. The van der Waals surface area contributed by atoms with Gasteiger partial charge in [0, 0.05) is 43.7 Å². The Balaban J connectivity index is 1.68. The number of aromatic nitrogens is 1. The van der Waals surface area contributed by atoms with E-state index in [2.05, 4.69) is 15.3 Å². The van der Waals surface area contributed by atoms with Gasteiger partial charge < -0.3 is 9.84 Å². The third-order valence-electron chi connectivity index (χ3n) is 4.57. The second-order valence-electron chi connectivity index (χ2n) is 6.38. The number of benzene rings is 1. The fourth-order valence-electron chi connectivity index (χ4n) is 3.37. The topological polar surface area (TPSA) is 65.9 Å². The van der Waals surface area contributed by atoms with Gasteiger partial charge in [-0.15, -0.1) is 11.3 Å². The minimum atomic E-state index is -0.833. The van der Waals surface area contributed by atoms with Crippen molar-refractivity contribution in [1.82, 2.24) is 14.8 Å². The van der Waals surface area contributed by atoms with Gasteiger partial charge in [0.05, 0.1) is 17.3 Å². The largest absolute Gasteiger partial charge is 0.494 e. The van der Waals surface area contributed by atoms with Crippen molar-refractivity contribution in [2.45, 2.75) is 26.4 Å². The number of rotatable bonds is 7. The Kier molecular flexibility index (Phi) is 6.24. The Labute approximate surface area is 158 Å². The molecule has 1 aliphatic heterocycles. The van der Waals surface area contributed by atoms with Crippen LogP contribution in [0.4, 0.5) is 0 Å². The third-order valence-corrected chi connectivity index (χ3v) is 5.39. The van der Waals surface area contributed by atoms with E-state index >= 15 is 0 Å². The minimum absolute atomic E-state index is 0.518. The number of carboxylic acid groups (broad SMARTS) is 1. The quantitative estimate of drug-likeness (QED) is 0.803. The van der Waals surface area contributed by atoms with Crippen molar-refractivity contribution >= 4 is 17.3 Å². The second-order valence-corrected chi connectivity index (χ2v) is 7.44. The van der Waals surface area contributed by atoms with Gasteiger partial charge in [0.1, 0.15) is 11.8 Å². The maximum Gasteiger partial charge on any atom is 0.325 e. The average molecular weight is 375 g/mol. The summed E-state index contributed by atoms with van der Waals surface area (Å²) < 4.78 is 5.65. The van der Waals surface area contributed by atoms with Crippen molar-refractivity contribution < 1.29 is 14.6 Å². The molecule has 0 aliphatic carbocycles. The first kappa shape index (κ1) is 18.8. The lowest BCUT2D eigenvalue weighted by Crippen LogP contribution is -2.48. The number of ether oxygens (including phenoxy) is 1. The molecule has 2 aromatic rings. The van der Waals surface area contributed by atoms with E-state index in [0.717, 1.165) is 35.9 Å². The molecule has 1 aromatic heterocycles. The van der Waals surface area contributed by atoms with Crippen molar-refractivity contribution in [2.24, 2.45) is 0 Å². The maximum absolute atomic E-state index is 12.0. The maximum atomic E-state index is 12.0. The van der Waals surface area contributed by atoms with Crippen LogP contribution in [0.1, 0.15) is 29.2 Å². The molecule has 0 bridgehead atoms. The normalized spacial score (nSPS) is 17.2. The van der Waals surface area contributed by atoms with E-state index in [9.17, 15) is 9.90 Å². The number of nitrogens with zero attached hydrogens (tertiary/aromatic N) is 3. The monoisotopic (exact) mass is 375 g/mol. The van der Waals surface area contributed by atoms with Gasteiger partial charge >= 0.3 is 5.97 Å². The number of carbonyl (C=O) groups is 1. The van der Waals surface area contributed by atoms with Crippen LogP contribution in [-0.2, 0) is 11.3 Å². The molecule has 1 aliphatic rings. The van der Waals surface area contributed by atoms with E-state index in [0.29, 0.717) is 25.4 Å². The van der Waals surface area contributed by atoms with E-state index in [1.807, 2.05) is 43.0 Å². The second kappa shape index (κ2) is 8.62. The summed E-state index contributed by atoms with van der Waals surface area (Å²) in [5.74, 6) is -0.177. The third kappa shape index (κ3) is 4.41. The van der Waals surface area contributed by atoms with Crippen molar-refractivity contribution in [1.29, 1.82) is 0 Å². The van der Waals surface area contributed by atoms with Crippen molar-refractivity contribution in [3.05, 3.63) is 45.9 Å². The van der Waals surface area contributed by atoms with Crippen LogP contribution in [0, 0.1) is 6.92 Å². The summed E-state index contributed by atoms with van der Waals surface area (Å²) in [5, 5.41) is 13.0. The Bertz CT molecular complexity index is 741. The average Bonchev–Trinajstić information content (AvgIpc) is 3.03. The molecule has 1 N–H and O–H groups in total. The first-order chi connectivity index (χ1) is 12.6. The summed E-state index contributed by atoms with van der Waals surface area (Å²) in [4.78, 5) is 20.9. The highest BCUT2D eigenvalue weighted by molar-refractivity contribution is 7.09. The highest BCUT2D eigenvalue weighted by atomic mass is 32.1. The summed E-state index contributed by atoms with van der Waals surface area (Å²) in [6, 6.07) is 6.76. The van der Waals surface area contributed by atoms with Gasteiger partial charge in [-0.3, -0.25) is 14.6 Å². The number of hydrogen-bond donors (Lipinski definition) is 1. The Morgan fingerprint density at radius 3 is 2.65 bits per heavy atom. The molecule has 1 fully saturated rings. The molecule has 0 amide bonds. The van der Waals surface area contributed by atoms with Crippen LogP contribution in [0.15, 0.2) is 29.6 Å². The Hall–Kier alpha value is -1.96. The van der Waals surface area contributed by atoms with E-state index < -0.39 is 12.0 Å². The molecule has 2 heterocycles. The predicted molar refractivity (Wildman–Crippen MR) is 102 cm³/mol. The van der Waals surface area contributed by atoms with Gasteiger partial charge in [0.15, 0.2) is 0 Å². The van der Waals surface area contributed by atoms with Crippen LogP contribution in [0.3, 0.4) is 0 Å². The lowest BCUT2D eigenvalue weighted by atomic mass is 10.0. The zero-order valence-electron chi connectivity index (χ0n) is 15.2. The first-order valence-electron chi connectivity index (χ1n) is 8.90. The van der Waals surface area contributed by atoms with Crippen LogP contribution >= 0.6 is 11.3 Å². The number of aryl methyl sites for hydroxylation is 1. The number of hydrogen-bond acceptors (Lipinski definition) is 6. The van der Waals surface area contributed by atoms with Crippen molar-refractivity contribution in [3.63, 3.8) is 0 Å². The summed E-state index contributed by atoms with van der Waals surface area (Å²) in [6.45, 7) is 8.34. The van der Waals surface area contributed by atoms with Gasteiger partial charge in [0.25, 0.3) is 0 Å². The molecular weight excluding hydrogens is 350 g/mol. The molecule has 1 aromatic carbocycles. The van der Waals surface area contributed by atoms with Gasteiger partial charge in [-0.2, -0.15) is 0 Å². The molecule has 6 nitrogen and oxygen atoms in total. The minimum Gasteiger partial charge on any atom is -0.494 e. The molecule has 3 rings (SSSR count). The van der Waals surface area contributed by atoms with E-state index in [1.165, 1.54) is 0 Å². The van der Waals surface area contributed by atoms with Gasteiger partial charge in [-0.1, -0.05) is 18.2 Å². The van der Waals surface area contributed by atoms with Crippen LogP contribution in [0.5, 0.6) is 5.75 Å². The summed E-state index contributed by atoms with van der Waals surface area (Å²) in [6.07, 6.45) is 0. The number of carboxylic acids is 1. The van der Waals surface area contributed by atoms with Crippen LogP contribution < -0.4 is 4.74 Å². The Morgan fingerprint density at radius 1 is 1.31 bits per heavy atom. The smallest absolute Gasteiger partial charge is 0.325 e. The SMILES string of the molecule is CCOc1ccccc1C(C(=O)O)N1CCN(Cc2csc(C)n2)CC1. The molecule has 0 radical (unpaired) electrons. The van der Waals surface area contributed by atoms with Gasteiger partial charge in [-0.25, -0.2) is 4.98 Å². The van der Waals surface area contributed by atoms with Crippen LogP contribution in [0.2, 0.25) is 0 Å². The molecule has 1 atom stereocenters. The van der Waals surface area contributed by atoms with Gasteiger partial charge in [-0.05, 0) is 19.9 Å². The predicted octanol–water partition coefficient (Wildman–Crippen LogP) is 2.79. The number of thiazole rings is 1. The lowest BCUT2D eigenvalue weighted by Gasteiger charge is -2.37. The van der Waals surface area contributed by atoms with Crippen LogP contribution in [-0.4, -0.2) is 58.6 Å². The highest BCUT2D eigenvalue weighted by Gasteiger charge is 2.32. The van der Waals surface area contributed by atoms with Gasteiger partial charge in [0.2, 0.25) is 0 Å². The number of piperazine rings is 1. The molecule has 140 valence electrons. The summed E-state index contributed by atoms with van der Waals surface area (Å²) >= 11 is 1.67. The number of aliphatic carboxylic acids is 1. The van der Waals surface area contributed by atoms with Crippen molar-refractivity contribution in [3.8, 4) is 5.75 Å². The summed E-state index contributed by atoms with van der Waals surface area (Å²) in [7, 11) is 0. The molecule has 26 heavy (non-hydrogen) atoms. The van der Waals surface area contributed by atoms with Crippen LogP contribution in [0.25, 0.3) is 0 Å². The van der Waals surface area contributed by atoms with E-state index in [4.69, 9.17) is 4.74 Å². The molecule has 0 spiro atoms. The molecule has 1 saturated heterocycles. The highest BCUT2D eigenvalue weighted by Crippen LogP contribution is 2.30. The number of para-hydroxylation sites is 1. The molecule has 1 unspecified atom stereocenters. The lowest BCUT2D eigenvalue weighted by molar-refractivity contribution is -0.144. The molecule has 7 heteroatoms. The summed E-state index contributed by atoms with van der Waals surface area (Å²) in [5.41, 5.74) is 1.82. The van der Waals surface area contributed by atoms with Crippen molar-refractivity contribution in [2.75, 3.05) is 32.8 Å². The molecular formula is C19H25N3O3S.